The fourth-order valence-electron chi connectivity index (χ4n) is 2.15. The summed E-state index contributed by atoms with van der Waals surface area (Å²) in [6, 6.07) is 9.34. The first-order valence-electron chi connectivity index (χ1n) is 6.37. The van der Waals surface area contributed by atoms with Crippen molar-refractivity contribution in [2.45, 2.75) is 32.7 Å². The zero-order valence-electron chi connectivity index (χ0n) is 11.5. The van der Waals surface area contributed by atoms with E-state index >= 15 is 0 Å². The monoisotopic (exact) mass is 235 g/mol. The first kappa shape index (κ1) is 14.2. The highest BCUT2D eigenvalue weighted by molar-refractivity contribution is 5.22. The molecule has 17 heavy (non-hydrogen) atoms. The van der Waals surface area contributed by atoms with Crippen LogP contribution in [0.15, 0.2) is 24.3 Å². The van der Waals surface area contributed by atoms with Crippen molar-refractivity contribution in [2.24, 2.45) is 5.92 Å². The van der Waals surface area contributed by atoms with E-state index in [4.69, 9.17) is 4.74 Å². The first-order chi connectivity index (χ1) is 8.15. The van der Waals surface area contributed by atoms with E-state index in [2.05, 4.69) is 43.4 Å². The summed E-state index contributed by atoms with van der Waals surface area (Å²) in [4.78, 5) is 0. The zero-order chi connectivity index (χ0) is 12.7. The van der Waals surface area contributed by atoms with Gasteiger partial charge in [-0.25, -0.2) is 0 Å². The first-order valence-corrected chi connectivity index (χ1v) is 6.37. The standard InChI is InChI=1S/C15H25NO/c1-12-5-7-14(8-6-12)10-15(16-3)9-13(2)11-17-4/h5-8,13,15-16H,9-11H2,1-4H3. The lowest BCUT2D eigenvalue weighted by Gasteiger charge is -2.20. The highest BCUT2D eigenvalue weighted by Gasteiger charge is 2.12. The molecule has 0 spiro atoms. The Balaban J connectivity index is 2.48. The van der Waals surface area contributed by atoms with E-state index in [1.807, 2.05) is 7.05 Å². The van der Waals surface area contributed by atoms with Crippen LogP contribution in [-0.4, -0.2) is 26.8 Å². The quantitative estimate of drug-likeness (QED) is 0.784. The average Bonchev–Trinajstić information content (AvgIpc) is 2.31. The van der Waals surface area contributed by atoms with Crippen molar-refractivity contribution >= 4 is 0 Å². The van der Waals surface area contributed by atoms with Gasteiger partial charge in [0.05, 0.1) is 0 Å². The third-order valence-electron chi connectivity index (χ3n) is 3.15. The van der Waals surface area contributed by atoms with Gasteiger partial charge in [0.25, 0.3) is 0 Å². The predicted octanol–water partition coefficient (Wildman–Crippen LogP) is 2.80. The molecule has 1 N–H and O–H groups in total. The van der Waals surface area contributed by atoms with Crippen molar-refractivity contribution in [2.75, 3.05) is 20.8 Å². The van der Waals surface area contributed by atoms with Crippen LogP contribution < -0.4 is 5.32 Å². The normalized spacial score (nSPS) is 14.6. The van der Waals surface area contributed by atoms with E-state index in [1.165, 1.54) is 11.1 Å². The van der Waals surface area contributed by atoms with Crippen molar-refractivity contribution in [3.05, 3.63) is 35.4 Å². The predicted molar refractivity (Wildman–Crippen MR) is 73.4 cm³/mol. The molecule has 0 bridgehead atoms. The Hall–Kier alpha value is -0.860. The Morgan fingerprint density at radius 3 is 2.41 bits per heavy atom. The minimum Gasteiger partial charge on any atom is -0.384 e. The van der Waals surface area contributed by atoms with Crippen LogP contribution in [0.1, 0.15) is 24.5 Å². The minimum absolute atomic E-state index is 0.530. The van der Waals surface area contributed by atoms with Crippen LogP contribution in [-0.2, 0) is 11.2 Å². The van der Waals surface area contributed by atoms with Crippen molar-refractivity contribution in [3.8, 4) is 0 Å². The van der Waals surface area contributed by atoms with E-state index in [0.29, 0.717) is 12.0 Å². The molecule has 0 aromatic heterocycles. The van der Waals surface area contributed by atoms with Crippen molar-refractivity contribution in [3.63, 3.8) is 0 Å². The molecule has 1 rings (SSSR count). The number of rotatable bonds is 7. The second-order valence-corrected chi connectivity index (χ2v) is 4.97. The van der Waals surface area contributed by atoms with Gasteiger partial charge < -0.3 is 10.1 Å². The molecule has 0 fully saturated rings. The van der Waals surface area contributed by atoms with E-state index in [-0.39, 0.29) is 0 Å². The van der Waals surface area contributed by atoms with Crippen LogP contribution in [0.25, 0.3) is 0 Å². The molecule has 0 amide bonds. The third kappa shape index (κ3) is 5.33. The largest absolute Gasteiger partial charge is 0.384 e. The number of benzene rings is 1. The van der Waals surface area contributed by atoms with Gasteiger partial charge in [0.15, 0.2) is 0 Å². The lowest BCUT2D eigenvalue weighted by Crippen LogP contribution is -2.30. The topological polar surface area (TPSA) is 21.3 Å². The molecule has 2 unspecified atom stereocenters. The number of hydrogen-bond donors (Lipinski definition) is 1. The van der Waals surface area contributed by atoms with Gasteiger partial charge in [-0.3, -0.25) is 0 Å². The van der Waals surface area contributed by atoms with Gasteiger partial charge >= 0.3 is 0 Å². The van der Waals surface area contributed by atoms with Crippen molar-refractivity contribution < 1.29 is 4.74 Å². The Kier molecular flexibility index (Phi) is 6.23. The molecule has 2 heteroatoms. The van der Waals surface area contributed by atoms with E-state index in [0.717, 1.165) is 19.4 Å². The van der Waals surface area contributed by atoms with Crippen LogP contribution in [0, 0.1) is 12.8 Å². The Labute approximate surface area is 105 Å². The number of likely N-dealkylation sites (N-methyl/N-ethyl adjacent to an activating group) is 1. The number of methoxy groups -OCH3 is 1. The molecule has 0 saturated carbocycles. The van der Waals surface area contributed by atoms with Gasteiger partial charge in [-0.1, -0.05) is 36.8 Å². The van der Waals surface area contributed by atoms with E-state index in [9.17, 15) is 0 Å². The fraction of sp³-hybridized carbons (Fsp3) is 0.600. The van der Waals surface area contributed by atoms with Crippen LogP contribution in [0.2, 0.25) is 0 Å². The van der Waals surface area contributed by atoms with Crippen LogP contribution in [0.5, 0.6) is 0 Å². The molecule has 0 aliphatic rings. The SMILES string of the molecule is CNC(Cc1ccc(C)cc1)CC(C)COC. The fourth-order valence-corrected chi connectivity index (χ4v) is 2.15. The Morgan fingerprint density at radius 1 is 1.24 bits per heavy atom. The van der Waals surface area contributed by atoms with Gasteiger partial charge in [-0.2, -0.15) is 0 Å². The summed E-state index contributed by atoms with van der Waals surface area (Å²) in [5.41, 5.74) is 2.72. The molecule has 2 atom stereocenters. The maximum absolute atomic E-state index is 5.19. The molecule has 2 nitrogen and oxygen atoms in total. The van der Waals surface area contributed by atoms with E-state index < -0.39 is 0 Å². The summed E-state index contributed by atoms with van der Waals surface area (Å²) in [6.07, 6.45) is 2.24. The van der Waals surface area contributed by atoms with Gasteiger partial charge in [0.1, 0.15) is 0 Å². The molecular weight excluding hydrogens is 210 g/mol. The minimum atomic E-state index is 0.530. The highest BCUT2D eigenvalue weighted by atomic mass is 16.5. The molecule has 0 heterocycles. The smallest absolute Gasteiger partial charge is 0.0488 e. The number of ether oxygens (including phenoxy) is 1. The summed E-state index contributed by atoms with van der Waals surface area (Å²) in [5.74, 6) is 0.600. The summed E-state index contributed by atoms with van der Waals surface area (Å²) >= 11 is 0. The molecule has 1 aromatic rings. The second kappa shape index (κ2) is 7.46. The number of nitrogens with one attached hydrogen (secondary N) is 1. The maximum Gasteiger partial charge on any atom is 0.0488 e. The number of hydrogen-bond acceptors (Lipinski definition) is 2. The lowest BCUT2D eigenvalue weighted by molar-refractivity contribution is 0.150. The lowest BCUT2D eigenvalue weighted by atomic mass is 9.96. The van der Waals surface area contributed by atoms with Crippen molar-refractivity contribution in [1.29, 1.82) is 0 Å². The second-order valence-electron chi connectivity index (χ2n) is 4.97. The Morgan fingerprint density at radius 2 is 1.88 bits per heavy atom. The van der Waals surface area contributed by atoms with Crippen LogP contribution >= 0.6 is 0 Å². The molecule has 0 aliphatic heterocycles. The van der Waals surface area contributed by atoms with Crippen LogP contribution in [0.4, 0.5) is 0 Å². The van der Waals surface area contributed by atoms with Crippen LogP contribution in [0.3, 0.4) is 0 Å². The molecule has 0 radical (unpaired) electrons. The number of aryl methyl sites for hydroxylation is 1. The summed E-state index contributed by atoms with van der Waals surface area (Å²) in [5, 5.41) is 3.40. The zero-order valence-corrected chi connectivity index (χ0v) is 11.5. The van der Waals surface area contributed by atoms with Gasteiger partial charge in [-0.15, -0.1) is 0 Å². The molecular formula is C15H25NO. The average molecular weight is 235 g/mol. The molecule has 0 saturated heterocycles. The van der Waals surface area contributed by atoms with Gasteiger partial charge in [0, 0.05) is 19.8 Å². The highest BCUT2D eigenvalue weighted by Crippen LogP contribution is 2.12. The third-order valence-corrected chi connectivity index (χ3v) is 3.15. The van der Waals surface area contributed by atoms with E-state index in [1.54, 1.807) is 7.11 Å². The van der Waals surface area contributed by atoms with Gasteiger partial charge in [-0.05, 0) is 38.3 Å². The summed E-state index contributed by atoms with van der Waals surface area (Å²) < 4.78 is 5.19. The van der Waals surface area contributed by atoms with Gasteiger partial charge in [0.2, 0.25) is 0 Å². The summed E-state index contributed by atoms with van der Waals surface area (Å²) in [7, 11) is 3.81. The summed E-state index contributed by atoms with van der Waals surface area (Å²) in [6.45, 7) is 5.20. The molecule has 96 valence electrons. The maximum atomic E-state index is 5.19. The Bertz CT molecular complexity index is 307. The molecule has 0 aliphatic carbocycles. The van der Waals surface area contributed by atoms with Crippen molar-refractivity contribution in [1.82, 2.24) is 5.32 Å². The molecule has 1 aromatic carbocycles.